The molecule has 0 saturated heterocycles. The van der Waals surface area contributed by atoms with Crippen LogP contribution in [0.25, 0.3) is 0 Å². The standard InChI is InChI=1S/C8H7N3O3S/c12-11-5-1-2-7(6-11)15(13,14)8-3-4-9-10-8/h1-6H,(H,9,10). The van der Waals surface area contributed by atoms with E-state index in [4.69, 9.17) is 0 Å². The van der Waals surface area contributed by atoms with Crippen LogP contribution in [0.2, 0.25) is 0 Å². The van der Waals surface area contributed by atoms with Crippen LogP contribution in [0.15, 0.2) is 46.7 Å². The number of H-pyrrole nitrogens is 1. The number of sulfone groups is 1. The van der Waals surface area contributed by atoms with Crippen LogP contribution in [-0.2, 0) is 9.84 Å². The summed E-state index contributed by atoms with van der Waals surface area (Å²) in [6.45, 7) is 0. The van der Waals surface area contributed by atoms with Gasteiger partial charge in [0.1, 0.15) is 4.90 Å². The van der Waals surface area contributed by atoms with Gasteiger partial charge in [-0.3, -0.25) is 5.10 Å². The van der Waals surface area contributed by atoms with Gasteiger partial charge in [-0.15, -0.1) is 0 Å². The molecular formula is C8H7N3O3S. The Morgan fingerprint density at radius 1 is 1.40 bits per heavy atom. The van der Waals surface area contributed by atoms with Crippen molar-refractivity contribution in [3.05, 3.63) is 42.0 Å². The lowest BCUT2D eigenvalue weighted by Gasteiger charge is -2.00. The predicted molar refractivity (Wildman–Crippen MR) is 49.4 cm³/mol. The van der Waals surface area contributed by atoms with Crippen LogP contribution in [0, 0.1) is 5.21 Å². The number of nitrogens with zero attached hydrogens (tertiary/aromatic N) is 2. The summed E-state index contributed by atoms with van der Waals surface area (Å²) in [4.78, 5) is -0.0768. The maximum Gasteiger partial charge on any atom is 0.231 e. The Hall–Kier alpha value is -1.89. The monoisotopic (exact) mass is 225 g/mol. The molecule has 2 rings (SSSR count). The summed E-state index contributed by atoms with van der Waals surface area (Å²) in [5.74, 6) is 0. The molecule has 15 heavy (non-hydrogen) atoms. The molecule has 2 aromatic rings. The number of hydrogen-bond donors (Lipinski definition) is 1. The molecule has 0 fully saturated rings. The van der Waals surface area contributed by atoms with E-state index < -0.39 is 9.84 Å². The molecule has 1 N–H and O–H groups in total. The minimum atomic E-state index is -3.68. The highest BCUT2D eigenvalue weighted by Crippen LogP contribution is 2.15. The number of rotatable bonds is 2. The zero-order chi connectivity index (χ0) is 10.9. The Kier molecular flexibility index (Phi) is 2.16. The smallest absolute Gasteiger partial charge is 0.231 e. The van der Waals surface area contributed by atoms with E-state index >= 15 is 0 Å². The summed E-state index contributed by atoms with van der Waals surface area (Å²) in [7, 11) is -3.68. The molecule has 0 saturated carbocycles. The summed E-state index contributed by atoms with van der Waals surface area (Å²) < 4.78 is 24.1. The second-order valence-corrected chi connectivity index (χ2v) is 4.71. The molecule has 2 heterocycles. The molecule has 0 aromatic carbocycles. The normalized spacial score (nSPS) is 11.5. The van der Waals surface area contributed by atoms with Crippen molar-refractivity contribution in [1.82, 2.24) is 10.2 Å². The fourth-order valence-electron chi connectivity index (χ4n) is 1.11. The van der Waals surface area contributed by atoms with Gasteiger partial charge in [0.15, 0.2) is 17.4 Å². The van der Waals surface area contributed by atoms with Gasteiger partial charge in [0.25, 0.3) is 0 Å². The van der Waals surface area contributed by atoms with Crippen LogP contribution >= 0.6 is 0 Å². The van der Waals surface area contributed by atoms with E-state index in [0.29, 0.717) is 4.73 Å². The van der Waals surface area contributed by atoms with Gasteiger partial charge < -0.3 is 5.21 Å². The van der Waals surface area contributed by atoms with E-state index in [1.807, 2.05) is 0 Å². The van der Waals surface area contributed by atoms with Gasteiger partial charge in [0.2, 0.25) is 9.84 Å². The Bertz CT molecular complexity index is 563. The fraction of sp³-hybridized carbons (Fsp3) is 0. The van der Waals surface area contributed by atoms with Crippen molar-refractivity contribution in [2.75, 3.05) is 0 Å². The first-order valence-corrected chi connectivity index (χ1v) is 5.53. The van der Waals surface area contributed by atoms with Crippen molar-refractivity contribution in [2.45, 2.75) is 9.92 Å². The van der Waals surface area contributed by atoms with E-state index in [2.05, 4.69) is 10.2 Å². The van der Waals surface area contributed by atoms with Gasteiger partial charge >= 0.3 is 0 Å². The lowest BCUT2D eigenvalue weighted by Crippen LogP contribution is -2.25. The highest BCUT2D eigenvalue weighted by Gasteiger charge is 2.21. The SMILES string of the molecule is O=S(=O)(c1ccc[n+]([O-])c1)c1cc[nH]n1. The largest absolute Gasteiger partial charge is 0.619 e. The average Bonchev–Trinajstić information content (AvgIpc) is 2.71. The molecule has 2 aromatic heterocycles. The minimum absolute atomic E-state index is 0.0768. The number of aromatic amines is 1. The van der Waals surface area contributed by atoms with Crippen LogP contribution < -0.4 is 4.73 Å². The first kappa shape index (κ1) is 9.66. The van der Waals surface area contributed by atoms with E-state index in [0.717, 1.165) is 6.20 Å². The summed E-state index contributed by atoms with van der Waals surface area (Å²) in [5.41, 5.74) is 0. The molecule has 0 aliphatic rings. The van der Waals surface area contributed by atoms with Gasteiger partial charge in [-0.25, -0.2) is 8.42 Å². The third kappa shape index (κ3) is 1.68. The zero-order valence-corrected chi connectivity index (χ0v) is 8.31. The maximum atomic E-state index is 11.8. The van der Waals surface area contributed by atoms with E-state index in [9.17, 15) is 13.6 Å². The third-order valence-corrected chi connectivity index (χ3v) is 3.45. The third-order valence-electron chi connectivity index (χ3n) is 1.81. The van der Waals surface area contributed by atoms with Crippen LogP contribution in [0.1, 0.15) is 0 Å². The molecule has 6 nitrogen and oxygen atoms in total. The zero-order valence-electron chi connectivity index (χ0n) is 7.49. The number of aromatic nitrogens is 3. The maximum absolute atomic E-state index is 11.8. The topological polar surface area (TPSA) is 89.8 Å². The summed E-state index contributed by atoms with van der Waals surface area (Å²) in [6, 6.07) is 4.04. The number of hydrogen-bond acceptors (Lipinski definition) is 4. The Morgan fingerprint density at radius 2 is 2.20 bits per heavy atom. The lowest BCUT2D eigenvalue weighted by molar-refractivity contribution is -0.607. The molecule has 0 aliphatic carbocycles. The number of nitrogens with one attached hydrogen (secondary N) is 1. The van der Waals surface area contributed by atoms with Crippen LogP contribution in [0.3, 0.4) is 0 Å². The molecule has 0 unspecified atom stereocenters. The summed E-state index contributed by atoms with van der Waals surface area (Å²) in [6.07, 6.45) is 3.61. The van der Waals surface area contributed by atoms with Gasteiger partial charge in [-0.1, -0.05) is 0 Å². The Balaban J connectivity index is 2.57. The van der Waals surface area contributed by atoms with Crippen molar-refractivity contribution in [1.29, 1.82) is 0 Å². The van der Waals surface area contributed by atoms with Crippen molar-refractivity contribution in [2.24, 2.45) is 0 Å². The molecule has 0 aliphatic heterocycles. The van der Waals surface area contributed by atoms with Crippen molar-refractivity contribution < 1.29 is 13.1 Å². The van der Waals surface area contributed by atoms with Gasteiger partial charge in [0, 0.05) is 12.3 Å². The van der Waals surface area contributed by atoms with E-state index in [1.165, 1.54) is 30.6 Å². The molecule has 7 heteroatoms. The molecule has 78 valence electrons. The van der Waals surface area contributed by atoms with Crippen molar-refractivity contribution in [3.63, 3.8) is 0 Å². The predicted octanol–water partition coefficient (Wildman–Crippen LogP) is -0.124. The molecule has 0 amide bonds. The second kappa shape index (κ2) is 3.35. The van der Waals surface area contributed by atoms with Gasteiger partial charge in [0.05, 0.1) is 0 Å². The van der Waals surface area contributed by atoms with Gasteiger partial charge in [-0.05, 0) is 12.1 Å². The highest BCUT2D eigenvalue weighted by atomic mass is 32.2. The average molecular weight is 225 g/mol. The molecular weight excluding hydrogens is 218 g/mol. The van der Waals surface area contributed by atoms with E-state index in [1.54, 1.807) is 0 Å². The fourth-order valence-corrected chi connectivity index (χ4v) is 2.27. The van der Waals surface area contributed by atoms with Gasteiger partial charge in [-0.2, -0.15) is 9.83 Å². The van der Waals surface area contributed by atoms with Crippen LogP contribution in [0.5, 0.6) is 0 Å². The Labute approximate surface area is 85.7 Å². The number of pyridine rings is 1. The summed E-state index contributed by atoms with van der Waals surface area (Å²) in [5, 5.41) is 16.8. The Morgan fingerprint density at radius 3 is 2.80 bits per heavy atom. The first-order valence-electron chi connectivity index (χ1n) is 4.04. The van der Waals surface area contributed by atoms with Crippen LogP contribution in [0.4, 0.5) is 0 Å². The van der Waals surface area contributed by atoms with Crippen LogP contribution in [-0.4, -0.2) is 18.6 Å². The molecule has 0 bridgehead atoms. The van der Waals surface area contributed by atoms with Crippen molar-refractivity contribution >= 4 is 9.84 Å². The first-order chi connectivity index (χ1) is 7.10. The second-order valence-electron chi connectivity index (χ2n) is 2.82. The quantitative estimate of drug-likeness (QED) is 0.569. The summed E-state index contributed by atoms with van der Waals surface area (Å²) >= 11 is 0. The highest BCUT2D eigenvalue weighted by molar-refractivity contribution is 7.91. The molecule has 0 atom stereocenters. The van der Waals surface area contributed by atoms with E-state index in [-0.39, 0.29) is 9.92 Å². The molecule has 0 spiro atoms. The molecule has 0 radical (unpaired) electrons. The van der Waals surface area contributed by atoms with Crippen molar-refractivity contribution in [3.8, 4) is 0 Å². The minimum Gasteiger partial charge on any atom is -0.619 e. The lowest BCUT2D eigenvalue weighted by atomic mass is 10.5.